The first-order valence-electron chi connectivity index (χ1n) is 7.95. The van der Waals surface area contributed by atoms with E-state index < -0.39 is 0 Å². The lowest BCUT2D eigenvalue weighted by molar-refractivity contribution is 0.237. The van der Waals surface area contributed by atoms with Crippen molar-refractivity contribution in [3.63, 3.8) is 0 Å². The van der Waals surface area contributed by atoms with Gasteiger partial charge in [0.1, 0.15) is 11.3 Å². The molecule has 2 aromatic rings. The van der Waals surface area contributed by atoms with E-state index in [1.54, 1.807) is 0 Å². The summed E-state index contributed by atoms with van der Waals surface area (Å²) in [6.45, 7) is 4.58. The highest BCUT2D eigenvalue weighted by Gasteiger charge is 2.33. The fourth-order valence-electron chi connectivity index (χ4n) is 3.68. The molecule has 0 bridgehead atoms. The van der Waals surface area contributed by atoms with E-state index in [-0.39, 0.29) is 0 Å². The molecular formula is C16H22N4. The molecule has 1 unspecified atom stereocenters. The number of likely N-dealkylation sites (tertiary alicyclic amines) is 1. The Morgan fingerprint density at radius 3 is 2.90 bits per heavy atom. The predicted molar refractivity (Wildman–Crippen MR) is 79.6 cm³/mol. The lowest BCUT2D eigenvalue weighted by Gasteiger charge is -2.31. The first-order chi connectivity index (χ1) is 9.88. The number of nitrogens with zero attached hydrogens (tertiary/aromatic N) is 4. The van der Waals surface area contributed by atoms with Crippen LogP contribution in [0.1, 0.15) is 56.9 Å². The maximum absolute atomic E-state index is 4.95. The molecule has 0 aromatic carbocycles. The van der Waals surface area contributed by atoms with E-state index in [9.17, 15) is 0 Å². The van der Waals surface area contributed by atoms with Crippen LogP contribution in [0.3, 0.4) is 0 Å². The van der Waals surface area contributed by atoms with Gasteiger partial charge in [-0.1, -0.05) is 6.92 Å². The van der Waals surface area contributed by atoms with E-state index in [0.717, 1.165) is 17.7 Å². The van der Waals surface area contributed by atoms with Gasteiger partial charge in [-0.15, -0.1) is 0 Å². The van der Waals surface area contributed by atoms with Crippen LogP contribution in [-0.2, 0) is 0 Å². The minimum atomic E-state index is 0.495. The Morgan fingerprint density at radius 2 is 2.15 bits per heavy atom. The smallest absolute Gasteiger partial charge is 0.160 e. The quantitative estimate of drug-likeness (QED) is 0.858. The molecule has 0 N–H and O–H groups in total. The third kappa shape index (κ3) is 1.78. The standard InChI is InChI=1S/C16H22N4/c1-2-19-11-5-9-14(19)16-18-13-8-4-10-17-15(13)20(16)12-6-3-7-12/h4,8,10,12,14H,2-3,5-7,9,11H2,1H3. The van der Waals surface area contributed by atoms with Crippen molar-refractivity contribution in [2.24, 2.45) is 0 Å². The molecule has 2 aliphatic rings. The molecule has 2 fully saturated rings. The fourth-order valence-corrected chi connectivity index (χ4v) is 3.68. The summed E-state index contributed by atoms with van der Waals surface area (Å²) in [4.78, 5) is 12.1. The van der Waals surface area contributed by atoms with Gasteiger partial charge in [0.25, 0.3) is 0 Å². The fraction of sp³-hybridized carbons (Fsp3) is 0.625. The van der Waals surface area contributed by atoms with Gasteiger partial charge in [0, 0.05) is 12.2 Å². The van der Waals surface area contributed by atoms with Crippen molar-refractivity contribution in [2.45, 2.75) is 51.1 Å². The van der Waals surface area contributed by atoms with Crippen molar-refractivity contribution >= 4 is 11.2 Å². The predicted octanol–water partition coefficient (Wildman–Crippen LogP) is 3.31. The Kier molecular flexibility index (Phi) is 2.99. The van der Waals surface area contributed by atoms with Gasteiger partial charge in [-0.05, 0) is 57.3 Å². The molecular weight excluding hydrogens is 248 g/mol. The summed E-state index contributed by atoms with van der Waals surface area (Å²) in [5.41, 5.74) is 2.16. The molecule has 0 spiro atoms. The number of hydrogen-bond donors (Lipinski definition) is 0. The molecule has 4 heteroatoms. The molecule has 20 heavy (non-hydrogen) atoms. The summed E-state index contributed by atoms with van der Waals surface area (Å²) in [6, 6.07) is 5.22. The Hall–Kier alpha value is -1.42. The largest absolute Gasteiger partial charge is 0.308 e. The number of hydrogen-bond acceptors (Lipinski definition) is 3. The average Bonchev–Trinajstić information content (AvgIpc) is 3.01. The summed E-state index contributed by atoms with van der Waals surface area (Å²) in [5.74, 6) is 1.27. The molecule has 4 nitrogen and oxygen atoms in total. The highest BCUT2D eigenvalue weighted by molar-refractivity contribution is 5.71. The number of fused-ring (bicyclic) bond motifs is 1. The average molecular weight is 270 g/mol. The van der Waals surface area contributed by atoms with Gasteiger partial charge in [0.2, 0.25) is 0 Å². The summed E-state index contributed by atoms with van der Waals surface area (Å²) >= 11 is 0. The van der Waals surface area contributed by atoms with Crippen LogP contribution in [0.4, 0.5) is 0 Å². The second-order valence-corrected chi connectivity index (χ2v) is 6.06. The maximum Gasteiger partial charge on any atom is 0.160 e. The van der Waals surface area contributed by atoms with Crippen molar-refractivity contribution in [1.82, 2.24) is 19.4 Å². The van der Waals surface area contributed by atoms with Gasteiger partial charge in [-0.2, -0.15) is 0 Å². The molecule has 0 radical (unpaired) electrons. The van der Waals surface area contributed by atoms with Crippen LogP contribution in [0.5, 0.6) is 0 Å². The topological polar surface area (TPSA) is 34.0 Å². The van der Waals surface area contributed by atoms with Crippen molar-refractivity contribution in [3.8, 4) is 0 Å². The van der Waals surface area contributed by atoms with Crippen LogP contribution in [0.15, 0.2) is 18.3 Å². The minimum Gasteiger partial charge on any atom is -0.308 e. The summed E-state index contributed by atoms with van der Waals surface area (Å²) in [7, 11) is 0. The van der Waals surface area contributed by atoms with Crippen LogP contribution in [0, 0.1) is 0 Å². The Balaban J connectivity index is 1.85. The molecule has 2 aromatic heterocycles. The van der Waals surface area contributed by atoms with Crippen LogP contribution in [-0.4, -0.2) is 32.5 Å². The molecule has 1 atom stereocenters. The van der Waals surface area contributed by atoms with Crippen LogP contribution >= 0.6 is 0 Å². The SMILES string of the molecule is CCN1CCCC1c1nc2cccnc2n1C1CCC1. The Labute approximate surface area is 119 Å². The van der Waals surface area contributed by atoms with Crippen molar-refractivity contribution < 1.29 is 0 Å². The van der Waals surface area contributed by atoms with Crippen molar-refractivity contribution in [2.75, 3.05) is 13.1 Å². The molecule has 0 amide bonds. The molecule has 1 saturated carbocycles. The minimum absolute atomic E-state index is 0.495. The number of rotatable bonds is 3. The van der Waals surface area contributed by atoms with E-state index in [4.69, 9.17) is 4.98 Å². The monoisotopic (exact) mass is 270 g/mol. The van der Waals surface area contributed by atoms with Crippen LogP contribution in [0.25, 0.3) is 11.2 Å². The Bertz CT molecular complexity index is 614. The van der Waals surface area contributed by atoms with E-state index in [0.29, 0.717) is 12.1 Å². The third-order valence-corrected chi connectivity index (χ3v) is 4.98. The van der Waals surface area contributed by atoms with Crippen molar-refractivity contribution in [1.29, 1.82) is 0 Å². The van der Waals surface area contributed by atoms with E-state index in [1.165, 1.54) is 44.5 Å². The first kappa shape index (κ1) is 12.3. The van der Waals surface area contributed by atoms with E-state index >= 15 is 0 Å². The molecule has 3 heterocycles. The maximum atomic E-state index is 4.95. The highest BCUT2D eigenvalue weighted by Crippen LogP contribution is 2.39. The first-order valence-corrected chi connectivity index (χ1v) is 7.95. The highest BCUT2D eigenvalue weighted by atomic mass is 15.2. The lowest BCUT2D eigenvalue weighted by atomic mass is 9.92. The second kappa shape index (κ2) is 4.85. The molecule has 1 aliphatic carbocycles. The summed E-state index contributed by atoms with van der Waals surface area (Å²) in [6.07, 6.45) is 8.35. The van der Waals surface area contributed by atoms with Gasteiger partial charge in [-0.25, -0.2) is 9.97 Å². The van der Waals surface area contributed by atoms with E-state index in [1.807, 2.05) is 12.3 Å². The molecule has 106 valence electrons. The van der Waals surface area contributed by atoms with Gasteiger partial charge >= 0.3 is 0 Å². The third-order valence-electron chi connectivity index (χ3n) is 4.98. The zero-order valence-electron chi connectivity index (χ0n) is 12.1. The second-order valence-electron chi connectivity index (χ2n) is 6.06. The molecule has 4 rings (SSSR count). The molecule has 1 saturated heterocycles. The van der Waals surface area contributed by atoms with Gasteiger partial charge < -0.3 is 4.57 Å². The lowest BCUT2D eigenvalue weighted by Crippen LogP contribution is -2.28. The zero-order chi connectivity index (χ0) is 13.5. The van der Waals surface area contributed by atoms with Crippen LogP contribution in [0.2, 0.25) is 0 Å². The van der Waals surface area contributed by atoms with Crippen molar-refractivity contribution in [3.05, 3.63) is 24.2 Å². The summed E-state index contributed by atoms with van der Waals surface area (Å²) in [5, 5.41) is 0. The van der Waals surface area contributed by atoms with Gasteiger partial charge in [-0.3, -0.25) is 4.90 Å². The number of pyridine rings is 1. The van der Waals surface area contributed by atoms with Gasteiger partial charge in [0.05, 0.1) is 6.04 Å². The van der Waals surface area contributed by atoms with E-state index in [2.05, 4.69) is 27.4 Å². The zero-order valence-corrected chi connectivity index (χ0v) is 12.1. The summed E-state index contributed by atoms with van der Waals surface area (Å²) < 4.78 is 2.46. The number of imidazole rings is 1. The van der Waals surface area contributed by atoms with Gasteiger partial charge in [0.15, 0.2) is 5.65 Å². The Morgan fingerprint density at radius 1 is 1.25 bits per heavy atom. The molecule has 1 aliphatic heterocycles. The number of aromatic nitrogens is 3. The van der Waals surface area contributed by atoms with Crippen LogP contribution < -0.4 is 0 Å². The normalized spacial score (nSPS) is 24.4.